The van der Waals surface area contributed by atoms with Crippen LogP contribution in [0.2, 0.25) is 5.02 Å². The summed E-state index contributed by atoms with van der Waals surface area (Å²) in [6.45, 7) is 0. The van der Waals surface area contributed by atoms with Gasteiger partial charge in [0.05, 0.1) is 5.02 Å². The van der Waals surface area contributed by atoms with Crippen LogP contribution in [0.4, 0.5) is 0 Å². The smallest absolute Gasteiger partial charge is 0.337 e. The number of halogens is 1. The van der Waals surface area contributed by atoms with Crippen molar-refractivity contribution in [2.45, 2.75) is 6.16 Å². The molecule has 0 fully saturated rings. The van der Waals surface area contributed by atoms with Gasteiger partial charge in [0.2, 0.25) is 0 Å². The van der Waals surface area contributed by atoms with Gasteiger partial charge < -0.3 is 13.5 Å². The van der Waals surface area contributed by atoms with Crippen molar-refractivity contribution < 1.29 is 18.0 Å². The third kappa shape index (κ3) is 2.40. The first-order valence-corrected chi connectivity index (χ1v) is 7.06. The Morgan fingerprint density at radius 3 is 2.53 bits per heavy atom. The van der Waals surface area contributed by atoms with Crippen LogP contribution in [0.15, 0.2) is 28.7 Å². The topological polar surface area (TPSA) is 48.7 Å². The maximum Gasteiger partial charge on any atom is 0.337 e. The molecule has 0 saturated heterocycles. The Morgan fingerprint density at radius 2 is 1.94 bits per heavy atom. The van der Waals surface area contributed by atoms with Gasteiger partial charge in [0.1, 0.15) is 17.5 Å². The molecule has 0 radical (unpaired) electrons. The summed E-state index contributed by atoms with van der Waals surface area (Å²) in [5, 5.41) is 1.25. The summed E-state index contributed by atoms with van der Waals surface area (Å²) in [6, 6.07) is 7.35. The maximum absolute atomic E-state index is 12.0. The van der Waals surface area contributed by atoms with Gasteiger partial charge in [-0.3, -0.25) is 4.57 Å². The molecule has 0 amide bonds. The molecule has 1 aromatic heterocycles. The summed E-state index contributed by atoms with van der Waals surface area (Å²) in [7, 11) is -0.495. The van der Waals surface area contributed by atoms with Crippen LogP contribution in [0, 0.1) is 0 Å². The van der Waals surface area contributed by atoms with Gasteiger partial charge in [-0.25, -0.2) is 0 Å². The molecule has 0 saturated carbocycles. The SMILES string of the molecule is COP(=O)(Cc1oc2ccccc2c1Cl)OC. The summed E-state index contributed by atoms with van der Waals surface area (Å²) in [4.78, 5) is 0. The normalized spacial score (nSPS) is 12.2. The molecule has 2 rings (SSSR count). The summed E-state index contributed by atoms with van der Waals surface area (Å²) in [6.07, 6.45) is 0.0213. The van der Waals surface area contributed by atoms with Crippen molar-refractivity contribution in [2.24, 2.45) is 0 Å². The number of hydrogen-bond acceptors (Lipinski definition) is 4. The van der Waals surface area contributed by atoms with Crippen LogP contribution in [0.3, 0.4) is 0 Å². The molecule has 2 aromatic rings. The van der Waals surface area contributed by atoms with E-state index in [4.69, 9.17) is 25.1 Å². The molecule has 0 aliphatic carbocycles. The highest BCUT2D eigenvalue weighted by Gasteiger charge is 2.26. The lowest BCUT2D eigenvalue weighted by molar-refractivity contribution is 0.272. The Bertz CT molecular complexity index is 570. The zero-order valence-electron chi connectivity index (χ0n) is 9.47. The molecule has 92 valence electrons. The van der Waals surface area contributed by atoms with Crippen LogP contribution in [0.1, 0.15) is 5.76 Å². The van der Waals surface area contributed by atoms with Gasteiger partial charge in [0.25, 0.3) is 0 Å². The van der Waals surface area contributed by atoms with Crippen molar-refractivity contribution in [3.05, 3.63) is 35.0 Å². The van der Waals surface area contributed by atoms with E-state index in [0.717, 1.165) is 5.39 Å². The lowest BCUT2D eigenvalue weighted by atomic mass is 10.2. The second-order valence-corrected chi connectivity index (χ2v) is 6.12. The van der Waals surface area contributed by atoms with E-state index >= 15 is 0 Å². The van der Waals surface area contributed by atoms with E-state index in [2.05, 4.69) is 0 Å². The summed E-state index contributed by atoms with van der Waals surface area (Å²) >= 11 is 6.15. The van der Waals surface area contributed by atoms with Gasteiger partial charge in [0, 0.05) is 19.6 Å². The van der Waals surface area contributed by atoms with Crippen LogP contribution in [-0.4, -0.2) is 14.2 Å². The second-order valence-electron chi connectivity index (χ2n) is 3.47. The van der Waals surface area contributed by atoms with Gasteiger partial charge in [-0.2, -0.15) is 0 Å². The lowest BCUT2D eigenvalue weighted by Gasteiger charge is -2.11. The first-order chi connectivity index (χ1) is 8.09. The molecule has 1 heterocycles. The third-order valence-corrected chi connectivity index (χ3v) is 4.70. The first-order valence-electron chi connectivity index (χ1n) is 4.96. The molecule has 1 aromatic carbocycles. The zero-order chi connectivity index (χ0) is 12.5. The molecular formula is C11H12ClO4P. The highest BCUT2D eigenvalue weighted by Crippen LogP contribution is 2.51. The van der Waals surface area contributed by atoms with E-state index < -0.39 is 7.60 Å². The fraction of sp³-hybridized carbons (Fsp3) is 0.273. The van der Waals surface area contributed by atoms with E-state index in [0.29, 0.717) is 16.4 Å². The predicted octanol–water partition coefficient (Wildman–Crippen LogP) is 4.07. The molecule has 6 heteroatoms. The zero-order valence-corrected chi connectivity index (χ0v) is 11.1. The summed E-state index contributed by atoms with van der Waals surface area (Å²) in [5.41, 5.74) is 0.659. The van der Waals surface area contributed by atoms with E-state index in [1.165, 1.54) is 14.2 Å². The van der Waals surface area contributed by atoms with Crippen molar-refractivity contribution >= 4 is 30.2 Å². The number of para-hydroxylation sites is 1. The summed E-state index contributed by atoms with van der Waals surface area (Å²) < 4.78 is 27.2. The second kappa shape index (κ2) is 4.83. The number of hydrogen-bond donors (Lipinski definition) is 0. The average molecular weight is 275 g/mol. The fourth-order valence-electron chi connectivity index (χ4n) is 1.55. The highest BCUT2D eigenvalue weighted by atomic mass is 35.5. The summed E-state index contributed by atoms with van der Waals surface area (Å²) in [5.74, 6) is 0.417. The Kier molecular flexibility index (Phi) is 3.59. The predicted molar refractivity (Wildman–Crippen MR) is 66.6 cm³/mol. The van der Waals surface area contributed by atoms with Crippen LogP contribution >= 0.6 is 19.2 Å². The van der Waals surface area contributed by atoms with E-state index in [9.17, 15) is 4.57 Å². The molecule has 0 unspecified atom stereocenters. The molecule has 4 nitrogen and oxygen atoms in total. The Morgan fingerprint density at radius 1 is 1.29 bits per heavy atom. The number of benzene rings is 1. The van der Waals surface area contributed by atoms with E-state index in [-0.39, 0.29) is 6.16 Å². The molecule has 0 bridgehead atoms. The van der Waals surface area contributed by atoms with Crippen molar-refractivity contribution in [1.82, 2.24) is 0 Å². The maximum atomic E-state index is 12.0. The van der Waals surface area contributed by atoms with Crippen molar-refractivity contribution in [3.63, 3.8) is 0 Å². The third-order valence-electron chi connectivity index (χ3n) is 2.50. The molecule has 0 aliphatic rings. The quantitative estimate of drug-likeness (QED) is 0.789. The largest absolute Gasteiger partial charge is 0.459 e. The highest BCUT2D eigenvalue weighted by molar-refractivity contribution is 7.52. The average Bonchev–Trinajstić information content (AvgIpc) is 2.67. The van der Waals surface area contributed by atoms with E-state index in [1.807, 2.05) is 18.2 Å². The van der Waals surface area contributed by atoms with Gasteiger partial charge >= 0.3 is 7.60 Å². The van der Waals surface area contributed by atoms with Crippen molar-refractivity contribution in [3.8, 4) is 0 Å². The van der Waals surface area contributed by atoms with Crippen LogP contribution in [-0.2, 0) is 19.8 Å². The fourth-order valence-corrected chi connectivity index (χ4v) is 2.88. The molecule has 0 spiro atoms. The number of rotatable bonds is 4. The monoisotopic (exact) mass is 274 g/mol. The Balaban J connectivity index is 2.43. The van der Waals surface area contributed by atoms with Gasteiger partial charge in [-0.05, 0) is 12.1 Å². The van der Waals surface area contributed by atoms with Crippen molar-refractivity contribution in [2.75, 3.05) is 14.2 Å². The Labute approximate surface area is 104 Å². The molecule has 0 atom stereocenters. The first kappa shape index (κ1) is 12.7. The molecule has 0 aliphatic heterocycles. The van der Waals surface area contributed by atoms with Crippen LogP contribution in [0.5, 0.6) is 0 Å². The van der Waals surface area contributed by atoms with E-state index in [1.54, 1.807) is 6.07 Å². The van der Waals surface area contributed by atoms with Gasteiger partial charge in [0.15, 0.2) is 0 Å². The molecule has 17 heavy (non-hydrogen) atoms. The molecule has 0 N–H and O–H groups in total. The van der Waals surface area contributed by atoms with Gasteiger partial charge in [-0.15, -0.1) is 0 Å². The number of fused-ring (bicyclic) bond motifs is 1. The Hall–Kier alpha value is -0.800. The van der Waals surface area contributed by atoms with Crippen LogP contribution < -0.4 is 0 Å². The minimum Gasteiger partial charge on any atom is -0.459 e. The van der Waals surface area contributed by atoms with Crippen molar-refractivity contribution in [1.29, 1.82) is 0 Å². The standard InChI is InChI=1S/C11H12ClO4P/c1-14-17(13,15-2)7-10-11(12)8-5-3-4-6-9(8)16-10/h3-6H,7H2,1-2H3. The lowest BCUT2D eigenvalue weighted by Crippen LogP contribution is -1.92. The minimum atomic E-state index is -3.16. The van der Waals surface area contributed by atoms with Crippen LogP contribution in [0.25, 0.3) is 11.0 Å². The minimum absolute atomic E-state index is 0.0213. The number of furan rings is 1. The van der Waals surface area contributed by atoms with Gasteiger partial charge in [-0.1, -0.05) is 23.7 Å². The molecular weight excluding hydrogens is 263 g/mol.